The van der Waals surface area contributed by atoms with Crippen LogP contribution in [-0.4, -0.2) is 27.4 Å². The van der Waals surface area contributed by atoms with Gasteiger partial charge >= 0.3 is 5.97 Å². The van der Waals surface area contributed by atoms with E-state index in [1.54, 1.807) is 4.68 Å². The van der Waals surface area contributed by atoms with Gasteiger partial charge in [-0.1, -0.05) is 18.2 Å². The molecule has 0 saturated heterocycles. The first-order valence-corrected chi connectivity index (χ1v) is 6.25. The van der Waals surface area contributed by atoms with E-state index in [9.17, 15) is 9.90 Å². The Kier molecular flexibility index (Phi) is 2.74. The fraction of sp³-hybridized carbons (Fsp3) is 0.286. The summed E-state index contributed by atoms with van der Waals surface area (Å²) in [5.41, 5.74) is 3.17. The number of hydrogen-bond acceptors (Lipinski definition) is 3. The van der Waals surface area contributed by atoms with Gasteiger partial charge in [0.1, 0.15) is 0 Å². The lowest BCUT2D eigenvalue weighted by atomic mass is 10.0. The van der Waals surface area contributed by atoms with E-state index in [0.717, 1.165) is 29.9 Å². The number of carboxylic acid groups (broad SMARTS) is 1. The van der Waals surface area contributed by atoms with E-state index >= 15 is 0 Å². The monoisotopic (exact) mass is 257 g/mol. The SMILES string of the molecule is Cn1nc(C(=O)O)c2c1CCN(c1ccccc1)C2. The van der Waals surface area contributed by atoms with Gasteiger partial charge in [-0.25, -0.2) is 4.79 Å². The number of fused-ring (bicyclic) bond motifs is 1. The summed E-state index contributed by atoms with van der Waals surface area (Å²) in [5, 5.41) is 13.3. The van der Waals surface area contributed by atoms with Crippen molar-refractivity contribution in [2.45, 2.75) is 13.0 Å². The number of carbonyl (C=O) groups is 1. The van der Waals surface area contributed by atoms with Crippen LogP contribution in [-0.2, 0) is 20.0 Å². The molecule has 0 saturated carbocycles. The van der Waals surface area contributed by atoms with Crippen molar-refractivity contribution in [3.05, 3.63) is 47.3 Å². The van der Waals surface area contributed by atoms with Crippen LogP contribution >= 0.6 is 0 Å². The summed E-state index contributed by atoms with van der Waals surface area (Å²) in [4.78, 5) is 13.4. The van der Waals surface area contributed by atoms with E-state index in [1.807, 2.05) is 37.4 Å². The van der Waals surface area contributed by atoms with Crippen molar-refractivity contribution < 1.29 is 9.90 Å². The third kappa shape index (κ3) is 1.97. The molecular weight excluding hydrogens is 242 g/mol. The maximum atomic E-state index is 11.2. The Morgan fingerprint density at radius 1 is 1.32 bits per heavy atom. The van der Waals surface area contributed by atoms with E-state index in [4.69, 9.17) is 0 Å². The number of nitrogens with zero attached hydrogens (tertiary/aromatic N) is 3. The molecule has 1 aliphatic heterocycles. The van der Waals surface area contributed by atoms with Crippen LogP contribution in [0, 0.1) is 0 Å². The highest BCUT2D eigenvalue weighted by atomic mass is 16.4. The second-order valence-corrected chi connectivity index (χ2v) is 4.71. The molecule has 5 heteroatoms. The Balaban J connectivity index is 1.97. The summed E-state index contributed by atoms with van der Waals surface area (Å²) in [7, 11) is 1.81. The zero-order valence-corrected chi connectivity index (χ0v) is 10.7. The van der Waals surface area contributed by atoms with Gasteiger partial charge in [-0.3, -0.25) is 4.68 Å². The molecule has 0 aliphatic carbocycles. The summed E-state index contributed by atoms with van der Waals surface area (Å²) in [6.07, 6.45) is 0.820. The van der Waals surface area contributed by atoms with Crippen molar-refractivity contribution in [3.63, 3.8) is 0 Å². The topological polar surface area (TPSA) is 58.4 Å². The van der Waals surface area contributed by atoms with Crippen LogP contribution in [0.25, 0.3) is 0 Å². The number of rotatable bonds is 2. The Morgan fingerprint density at radius 2 is 2.05 bits per heavy atom. The second-order valence-electron chi connectivity index (χ2n) is 4.71. The number of benzene rings is 1. The van der Waals surface area contributed by atoms with Crippen LogP contribution in [0.4, 0.5) is 5.69 Å². The molecule has 2 aromatic rings. The molecule has 0 bridgehead atoms. The van der Waals surface area contributed by atoms with Gasteiger partial charge in [-0.2, -0.15) is 5.10 Å². The molecule has 1 aliphatic rings. The predicted molar refractivity (Wildman–Crippen MR) is 71.4 cm³/mol. The quantitative estimate of drug-likeness (QED) is 0.889. The summed E-state index contributed by atoms with van der Waals surface area (Å²) in [5.74, 6) is -0.952. The van der Waals surface area contributed by atoms with Crippen molar-refractivity contribution in [2.75, 3.05) is 11.4 Å². The molecule has 0 unspecified atom stereocenters. The summed E-state index contributed by atoms with van der Waals surface area (Å²) in [6, 6.07) is 10.0. The largest absolute Gasteiger partial charge is 0.476 e. The van der Waals surface area contributed by atoms with Gasteiger partial charge < -0.3 is 10.0 Å². The van der Waals surface area contributed by atoms with Crippen LogP contribution in [0.5, 0.6) is 0 Å². The van der Waals surface area contributed by atoms with Crippen LogP contribution in [0.3, 0.4) is 0 Å². The van der Waals surface area contributed by atoms with Crippen LogP contribution < -0.4 is 4.90 Å². The van der Waals surface area contributed by atoms with E-state index in [1.165, 1.54) is 0 Å². The Morgan fingerprint density at radius 3 is 2.74 bits per heavy atom. The Labute approximate surface area is 111 Å². The molecule has 1 N–H and O–H groups in total. The third-order valence-electron chi connectivity index (χ3n) is 3.57. The summed E-state index contributed by atoms with van der Waals surface area (Å²) >= 11 is 0. The van der Waals surface area contributed by atoms with Gasteiger partial charge in [0.25, 0.3) is 0 Å². The Hall–Kier alpha value is -2.30. The van der Waals surface area contributed by atoms with Gasteiger partial charge in [0.05, 0.1) is 0 Å². The summed E-state index contributed by atoms with van der Waals surface area (Å²) in [6.45, 7) is 1.49. The fourth-order valence-electron chi connectivity index (χ4n) is 2.62. The molecule has 0 atom stereocenters. The van der Waals surface area contributed by atoms with Gasteiger partial charge in [0, 0.05) is 43.5 Å². The van der Waals surface area contributed by atoms with E-state index in [2.05, 4.69) is 10.00 Å². The Bertz CT molecular complexity index is 619. The van der Waals surface area contributed by atoms with Crippen LogP contribution in [0.1, 0.15) is 21.7 Å². The number of aromatic carboxylic acids is 1. The highest BCUT2D eigenvalue weighted by molar-refractivity contribution is 5.87. The number of anilines is 1. The average molecular weight is 257 g/mol. The molecular formula is C14H15N3O2. The smallest absolute Gasteiger partial charge is 0.356 e. The zero-order chi connectivity index (χ0) is 13.4. The van der Waals surface area contributed by atoms with Gasteiger partial charge in [-0.15, -0.1) is 0 Å². The lowest BCUT2D eigenvalue weighted by molar-refractivity contribution is 0.0688. The summed E-state index contributed by atoms with van der Waals surface area (Å²) < 4.78 is 1.70. The molecule has 2 heterocycles. The van der Waals surface area contributed by atoms with Crippen molar-refractivity contribution in [1.82, 2.24) is 9.78 Å². The van der Waals surface area contributed by atoms with Gasteiger partial charge in [0.2, 0.25) is 0 Å². The first kappa shape index (κ1) is 11.8. The minimum Gasteiger partial charge on any atom is -0.476 e. The van der Waals surface area contributed by atoms with Crippen LogP contribution in [0.2, 0.25) is 0 Å². The number of hydrogen-bond donors (Lipinski definition) is 1. The molecule has 0 spiro atoms. The van der Waals surface area contributed by atoms with Gasteiger partial charge in [0.15, 0.2) is 5.69 Å². The number of aromatic nitrogens is 2. The number of para-hydroxylation sites is 1. The maximum absolute atomic E-state index is 11.2. The lowest BCUT2D eigenvalue weighted by Gasteiger charge is -2.29. The molecule has 1 aromatic heterocycles. The molecule has 5 nitrogen and oxygen atoms in total. The standard InChI is InChI=1S/C14H15N3O2/c1-16-12-7-8-17(10-5-3-2-4-6-10)9-11(12)13(15-16)14(18)19/h2-6H,7-9H2,1H3,(H,18,19). The minimum atomic E-state index is -0.952. The zero-order valence-electron chi connectivity index (χ0n) is 10.7. The average Bonchev–Trinajstić information content (AvgIpc) is 2.77. The third-order valence-corrected chi connectivity index (χ3v) is 3.57. The van der Waals surface area contributed by atoms with E-state index < -0.39 is 5.97 Å². The van der Waals surface area contributed by atoms with E-state index in [0.29, 0.717) is 6.54 Å². The highest BCUT2D eigenvalue weighted by Gasteiger charge is 2.26. The van der Waals surface area contributed by atoms with Crippen molar-refractivity contribution in [3.8, 4) is 0 Å². The normalized spacial score (nSPS) is 14.3. The molecule has 0 fully saturated rings. The van der Waals surface area contributed by atoms with E-state index in [-0.39, 0.29) is 5.69 Å². The maximum Gasteiger partial charge on any atom is 0.356 e. The molecule has 1 aromatic carbocycles. The second kappa shape index (κ2) is 4.42. The molecule has 0 amide bonds. The molecule has 0 radical (unpaired) electrons. The first-order chi connectivity index (χ1) is 9.16. The van der Waals surface area contributed by atoms with Crippen molar-refractivity contribution in [1.29, 1.82) is 0 Å². The van der Waals surface area contributed by atoms with Crippen molar-refractivity contribution >= 4 is 11.7 Å². The lowest BCUT2D eigenvalue weighted by Crippen LogP contribution is -2.31. The van der Waals surface area contributed by atoms with Gasteiger partial charge in [-0.05, 0) is 12.1 Å². The number of aryl methyl sites for hydroxylation is 1. The highest BCUT2D eigenvalue weighted by Crippen LogP contribution is 2.26. The molecule has 98 valence electrons. The van der Waals surface area contributed by atoms with Crippen molar-refractivity contribution in [2.24, 2.45) is 7.05 Å². The van der Waals surface area contributed by atoms with Crippen LogP contribution in [0.15, 0.2) is 30.3 Å². The molecule has 3 rings (SSSR count). The fourth-order valence-corrected chi connectivity index (χ4v) is 2.62. The first-order valence-electron chi connectivity index (χ1n) is 6.25. The predicted octanol–water partition coefficient (Wildman–Crippen LogP) is 1.68. The molecule has 19 heavy (non-hydrogen) atoms. The minimum absolute atomic E-state index is 0.179. The number of carboxylic acids is 1.